The molecule has 0 aliphatic heterocycles. The summed E-state index contributed by atoms with van der Waals surface area (Å²) in [6.45, 7) is 5.30. The zero-order valence-corrected chi connectivity index (χ0v) is 10.4. The van der Waals surface area contributed by atoms with Crippen molar-refractivity contribution >= 4 is 5.97 Å². The third kappa shape index (κ3) is 4.40. The van der Waals surface area contributed by atoms with Gasteiger partial charge in [-0.05, 0) is 25.6 Å². The topological polar surface area (TPSA) is 60.5 Å². The van der Waals surface area contributed by atoms with Crippen LogP contribution in [0.25, 0.3) is 0 Å². The van der Waals surface area contributed by atoms with Crippen molar-refractivity contribution < 1.29 is 14.3 Å². The van der Waals surface area contributed by atoms with Gasteiger partial charge in [0.2, 0.25) is 0 Å². The monoisotopic (exact) mass is 238 g/mol. The molecule has 1 aromatic rings. The van der Waals surface area contributed by atoms with Gasteiger partial charge in [0.1, 0.15) is 5.75 Å². The lowest BCUT2D eigenvalue weighted by Crippen LogP contribution is -2.25. The highest BCUT2D eigenvalue weighted by Gasteiger charge is 2.14. The second-order valence-electron chi connectivity index (χ2n) is 3.55. The molecule has 1 atom stereocenters. The molecule has 1 heterocycles. The number of hydrogen-bond acceptors (Lipinski definition) is 5. The fraction of sp³-hybridized carbons (Fsp3) is 0.500. The summed E-state index contributed by atoms with van der Waals surface area (Å²) in [5.74, 6) is 0.157. The van der Waals surface area contributed by atoms with Crippen LogP contribution in [0, 0.1) is 0 Å². The zero-order chi connectivity index (χ0) is 12.7. The van der Waals surface area contributed by atoms with Gasteiger partial charge < -0.3 is 14.8 Å². The number of aromatic nitrogens is 1. The van der Waals surface area contributed by atoms with E-state index in [9.17, 15) is 4.79 Å². The van der Waals surface area contributed by atoms with E-state index in [1.54, 1.807) is 19.2 Å². The minimum atomic E-state index is -0.624. The number of hydrogen-bond donors (Lipinski definition) is 1. The molecule has 5 heteroatoms. The van der Waals surface area contributed by atoms with Crippen LogP contribution in [-0.4, -0.2) is 30.7 Å². The molecular formula is C12H18N2O3. The second-order valence-corrected chi connectivity index (χ2v) is 3.55. The third-order valence-corrected chi connectivity index (χ3v) is 2.20. The summed E-state index contributed by atoms with van der Waals surface area (Å²) in [6, 6.07) is 3.65. The number of carbonyl (C=O) groups excluding carboxylic acids is 1. The minimum Gasteiger partial charge on any atom is -0.477 e. The number of nitrogens with one attached hydrogen (secondary N) is 1. The average molecular weight is 238 g/mol. The Morgan fingerprint density at radius 3 is 2.82 bits per heavy atom. The Labute approximate surface area is 101 Å². The third-order valence-electron chi connectivity index (χ3n) is 2.20. The molecule has 0 aliphatic rings. The molecule has 1 N–H and O–H groups in total. The molecule has 94 valence electrons. The van der Waals surface area contributed by atoms with E-state index in [0.717, 1.165) is 18.8 Å². The van der Waals surface area contributed by atoms with E-state index in [2.05, 4.69) is 15.0 Å². The first kappa shape index (κ1) is 13.4. The molecule has 5 nitrogen and oxygen atoms in total. The maximum atomic E-state index is 11.1. The van der Waals surface area contributed by atoms with Crippen LogP contribution in [0.2, 0.25) is 0 Å². The second kappa shape index (κ2) is 6.85. The molecule has 0 bridgehead atoms. The molecule has 0 radical (unpaired) electrons. The molecule has 0 aromatic carbocycles. The smallest absolute Gasteiger partial charge is 0.346 e. The molecule has 0 spiro atoms. The molecule has 0 fully saturated rings. The molecule has 0 amide bonds. The zero-order valence-electron chi connectivity index (χ0n) is 10.4. The van der Waals surface area contributed by atoms with Crippen LogP contribution in [0.5, 0.6) is 5.75 Å². The van der Waals surface area contributed by atoms with Gasteiger partial charge in [0, 0.05) is 6.54 Å². The normalized spacial score (nSPS) is 11.9. The lowest BCUT2D eigenvalue weighted by Gasteiger charge is -2.12. The Morgan fingerprint density at radius 1 is 1.53 bits per heavy atom. The van der Waals surface area contributed by atoms with Crippen LogP contribution < -0.4 is 10.1 Å². The van der Waals surface area contributed by atoms with E-state index < -0.39 is 12.1 Å². The van der Waals surface area contributed by atoms with Crippen molar-refractivity contribution in [3.63, 3.8) is 0 Å². The maximum absolute atomic E-state index is 11.1. The molecule has 17 heavy (non-hydrogen) atoms. The highest BCUT2D eigenvalue weighted by molar-refractivity contribution is 5.74. The largest absolute Gasteiger partial charge is 0.477 e. The molecule has 0 saturated carbocycles. The predicted octanol–water partition coefficient (Wildman–Crippen LogP) is 1.13. The maximum Gasteiger partial charge on any atom is 0.346 e. The van der Waals surface area contributed by atoms with Crippen molar-refractivity contribution in [1.82, 2.24) is 10.3 Å². The number of methoxy groups -OCH3 is 1. The highest BCUT2D eigenvalue weighted by Crippen LogP contribution is 2.11. The first-order valence-electron chi connectivity index (χ1n) is 5.57. The number of ether oxygens (including phenoxy) is 2. The first-order valence-corrected chi connectivity index (χ1v) is 5.57. The van der Waals surface area contributed by atoms with Gasteiger partial charge in [-0.2, -0.15) is 0 Å². The van der Waals surface area contributed by atoms with Gasteiger partial charge in [0.15, 0.2) is 6.10 Å². The van der Waals surface area contributed by atoms with Gasteiger partial charge in [-0.15, -0.1) is 0 Å². The summed E-state index contributed by atoms with van der Waals surface area (Å²) in [7, 11) is 1.33. The molecule has 1 aromatic heterocycles. The Bertz CT molecular complexity index is 351. The van der Waals surface area contributed by atoms with Gasteiger partial charge in [-0.1, -0.05) is 6.92 Å². The molecule has 0 saturated heterocycles. The van der Waals surface area contributed by atoms with Gasteiger partial charge in [-0.3, -0.25) is 4.98 Å². The highest BCUT2D eigenvalue weighted by atomic mass is 16.6. The Morgan fingerprint density at radius 2 is 2.29 bits per heavy atom. The molecule has 1 unspecified atom stereocenters. The SMILES string of the molecule is CCNCc1ccc(OC(C)C(=O)OC)cn1. The van der Waals surface area contributed by atoms with Crippen molar-refractivity contribution in [2.24, 2.45) is 0 Å². The van der Waals surface area contributed by atoms with Crippen molar-refractivity contribution in [3.8, 4) is 5.75 Å². The fourth-order valence-electron chi connectivity index (χ4n) is 1.26. The van der Waals surface area contributed by atoms with Gasteiger partial charge in [0.25, 0.3) is 0 Å². The fourth-order valence-corrected chi connectivity index (χ4v) is 1.26. The summed E-state index contributed by atoms with van der Waals surface area (Å²) in [5.41, 5.74) is 0.935. The Hall–Kier alpha value is -1.62. The van der Waals surface area contributed by atoms with Gasteiger partial charge in [0.05, 0.1) is 19.0 Å². The Balaban J connectivity index is 2.53. The van der Waals surface area contributed by atoms with E-state index in [-0.39, 0.29) is 0 Å². The van der Waals surface area contributed by atoms with Crippen LogP contribution in [0.15, 0.2) is 18.3 Å². The molecule has 0 aliphatic carbocycles. The van der Waals surface area contributed by atoms with Crippen molar-refractivity contribution in [3.05, 3.63) is 24.0 Å². The number of pyridine rings is 1. The van der Waals surface area contributed by atoms with E-state index in [4.69, 9.17) is 4.74 Å². The summed E-state index contributed by atoms with van der Waals surface area (Å²) in [4.78, 5) is 15.4. The van der Waals surface area contributed by atoms with Crippen molar-refractivity contribution in [1.29, 1.82) is 0 Å². The van der Waals surface area contributed by atoms with Crippen molar-refractivity contribution in [2.75, 3.05) is 13.7 Å². The lowest BCUT2D eigenvalue weighted by molar-refractivity contribution is -0.147. The average Bonchev–Trinajstić information content (AvgIpc) is 2.37. The van der Waals surface area contributed by atoms with E-state index in [1.165, 1.54) is 7.11 Å². The first-order chi connectivity index (χ1) is 8.17. The van der Waals surface area contributed by atoms with Gasteiger partial charge in [-0.25, -0.2) is 4.79 Å². The number of carbonyl (C=O) groups is 1. The Kier molecular flexibility index (Phi) is 5.42. The molecular weight excluding hydrogens is 220 g/mol. The minimum absolute atomic E-state index is 0.401. The summed E-state index contributed by atoms with van der Waals surface area (Å²) >= 11 is 0. The quantitative estimate of drug-likeness (QED) is 0.753. The summed E-state index contributed by atoms with van der Waals surface area (Å²) < 4.78 is 9.94. The number of rotatable bonds is 6. The summed E-state index contributed by atoms with van der Waals surface area (Å²) in [5, 5.41) is 3.17. The van der Waals surface area contributed by atoms with Crippen LogP contribution >= 0.6 is 0 Å². The van der Waals surface area contributed by atoms with Gasteiger partial charge >= 0.3 is 5.97 Å². The lowest BCUT2D eigenvalue weighted by atomic mass is 10.3. The predicted molar refractivity (Wildman–Crippen MR) is 63.7 cm³/mol. The van der Waals surface area contributed by atoms with E-state index in [1.807, 2.05) is 13.0 Å². The van der Waals surface area contributed by atoms with E-state index >= 15 is 0 Å². The van der Waals surface area contributed by atoms with Crippen LogP contribution in [0.3, 0.4) is 0 Å². The summed E-state index contributed by atoms with van der Waals surface area (Å²) in [6.07, 6.45) is 0.980. The number of nitrogens with zero attached hydrogens (tertiary/aromatic N) is 1. The van der Waals surface area contributed by atoms with Crippen LogP contribution in [-0.2, 0) is 16.1 Å². The van der Waals surface area contributed by atoms with Crippen LogP contribution in [0.4, 0.5) is 0 Å². The molecule has 1 rings (SSSR count). The standard InChI is InChI=1S/C12H18N2O3/c1-4-13-7-10-5-6-11(8-14-10)17-9(2)12(15)16-3/h5-6,8-9,13H,4,7H2,1-3H3. The number of esters is 1. The van der Waals surface area contributed by atoms with Crippen LogP contribution in [0.1, 0.15) is 19.5 Å². The van der Waals surface area contributed by atoms with Crippen molar-refractivity contribution in [2.45, 2.75) is 26.5 Å². The van der Waals surface area contributed by atoms with E-state index in [0.29, 0.717) is 5.75 Å².